The number of hydrogen-bond donors (Lipinski definition) is 0. The van der Waals surface area contributed by atoms with Crippen LogP contribution in [0.1, 0.15) is 0 Å². The van der Waals surface area contributed by atoms with Gasteiger partial charge in [-0.2, -0.15) is 21.0 Å². The van der Waals surface area contributed by atoms with Crippen molar-refractivity contribution in [2.45, 2.75) is 0 Å². The summed E-state index contributed by atoms with van der Waals surface area (Å²) in [5, 5.41) is 17.9. The maximum atomic E-state index is 4.57. The Morgan fingerprint density at radius 3 is 2.89 bits per heavy atom. The van der Waals surface area contributed by atoms with Crippen molar-refractivity contribution in [3.05, 3.63) is 41.4 Å². The van der Waals surface area contributed by atoms with E-state index in [2.05, 4.69) is 20.3 Å². The summed E-state index contributed by atoms with van der Waals surface area (Å²) in [5.74, 6) is 0.780. The van der Waals surface area contributed by atoms with E-state index in [0.717, 1.165) is 26.9 Å². The molecule has 0 amide bonds. The lowest BCUT2D eigenvalue weighted by Gasteiger charge is -1.93. The minimum atomic E-state index is 0.780. The quantitative estimate of drug-likeness (QED) is 0.568. The molecule has 0 aliphatic heterocycles. The molecule has 0 saturated carbocycles. The number of aromatic nitrogens is 5. The Bertz CT molecular complexity index is 816. The van der Waals surface area contributed by atoms with Gasteiger partial charge in [-0.1, -0.05) is 11.3 Å². The monoisotopic (exact) mass is 285 g/mol. The molecule has 0 N–H and O–H groups in total. The van der Waals surface area contributed by atoms with Gasteiger partial charge in [0.1, 0.15) is 5.01 Å². The third-order valence-corrected chi connectivity index (χ3v) is 4.31. The minimum Gasteiger partial charge on any atom is -0.264 e. The first-order chi connectivity index (χ1) is 9.42. The maximum absolute atomic E-state index is 4.57. The standard InChI is InChI=1S/C12H7N5S2/c1-2-8(6-13-4-1)11-16-17-10(9-3-5-18-7-9)14-15-12(17)19-11/h1-7H. The Hall–Kier alpha value is -2.12. The fraction of sp³-hybridized carbons (Fsp3) is 0. The van der Waals surface area contributed by atoms with E-state index in [1.165, 1.54) is 11.3 Å². The lowest BCUT2D eigenvalue weighted by Crippen LogP contribution is -1.89. The zero-order valence-electron chi connectivity index (χ0n) is 9.59. The SMILES string of the molecule is c1cncc(-c2nn3c(-c4ccsc4)nnc3s2)c1. The fourth-order valence-corrected chi connectivity index (χ4v) is 3.26. The molecule has 4 aromatic heterocycles. The van der Waals surface area contributed by atoms with Crippen molar-refractivity contribution in [3.63, 3.8) is 0 Å². The third-order valence-electron chi connectivity index (χ3n) is 2.68. The van der Waals surface area contributed by atoms with Crippen molar-refractivity contribution in [2.75, 3.05) is 0 Å². The average molecular weight is 285 g/mol. The molecular weight excluding hydrogens is 278 g/mol. The number of thiophene rings is 1. The van der Waals surface area contributed by atoms with E-state index in [4.69, 9.17) is 0 Å². The molecule has 0 radical (unpaired) electrons. The summed E-state index contributed by atoms with van der Waals surface area (Å²) < 4.78 is 1.79. The Balaban J connectivity index is 1.89. The molecule has 4 aromatic rings. The highest BCUT2D eigenvalue weighted by Crippen LogP contribution is 2.28. The molecule has 19 heavy (non-hydrogen) atoms. The smallest absolute Gasteiger partial charge is 0.235 e. The molecule has 0 spiro atoms. The molecule has 7 heteroatoms. The van der Waals surface area contributed by atoms with Crippen LogP contribution in [0.25, 0.3) is 26.9 Å². The van der Waals surface area contributed by atoms with E-state index in [1.54, 1.807) is 28.2 Å². The molecule has 0 aliphatic carbocycles. The van der Waals surface area contributed by atoms with Gasteiger partial charge in [0.15, 0.2) is 5.82 Å². The maximum Gasteiger partial charge on any atom is 0.235 e. The van der Waals surface area contributed by atoms with Crippen LogP contribution in [0.15, 0.2) is 41.4 Å². The highest BCUT2D eigenvalue weighted by atomic mass is 32.1. The third kappa shape index (κ3) is 1.74. The lowest BCUT2D eigenvalue weighted by atomic mass is 10.3. The number of rotatable bonds is 2. The molecule has 0 aromatic carbocycles. The summed E-state index contributed by atoms with van der Waals surface area (Å²) >= 11 is 3.14. The largest absolute Gasteiger partial charge is 0.264 e. The number of nitrogens with zero attached hydrogens (tertiary/aromatic N) is 5. The van der Waals surface area contributed by atoms with Crippen molar-refractivity contribution in [1.82, 2.24) is 24.8 Å². The van der Waals surface area contributed by atoms with Gasteiger partial charge in [0.25, 0.3) is 0 Å². The molecule has 0 atom stereocenters. The summed E-state index contributed by atoms with van der Waals surface area (Å²) in [6, 6.07) is 5.91. The topological polar surface area (TPSA) is 56.0 Å². The molecule has 92 valence electrons. The molecule has 5 nitrogen and oxygen atoms in total. The number of fused-ring (bicyclic) bond motifs is 1. The first-order valence-electron chi connectivity index (χ1n) is 5.57. The second-order valence-electron chi connectivity index (χ2n) is 3.88. The molecule has 4 rings (SSSR count). The van der Waals surface area contributed by atoms with Crippen LogP contribution in [-0.2, 0) is 0 Å². The van der Waals surface area contributed by atoms with Crippen molar-refractivity contribution in [3.8, 4) is 22.0 Å². The average Bonchev–Trinajstić information content (AvgIpc) is 3.15. The normalized spacial score (nSPS) is 11.2. The zero-order chi connectivity index (χ0) is 12.7. The lowest BCUT2D eigenvalue weighted by molar-refractivity contribution is 0.971. The summed E-state index contributed by atoms with van der Waals surface area (Å²) in [5.41, 5.74) is 2.04. The molecule has 4 heterocycles. The summed E-state index contributed by atoms with van der Waals surface area (Å²) in [6.07, 6.45) is 3.55. The van der Waals surface area contributed by atoms with Gasteiger partial charge >= 0.3 is 0 Å². The van der Waals surface area contributed by atoms with E-state index in [0.29, 0.717) is 0 Å². The highest BCUT2D eigenvalue weighted by molar-refractivity contribution is 7.19. The zero-order valence-corrected chi connectivity index (χ0v) is 11.2. The van der Waals surface area contributed by atoms with Crippen LogP contribution >= 0.6 is 22.7 Å². The van der Waals surface area contributed by atoms with Gasteiger partial charge in [-0.25, -0.2) is 0 Å². The van der Waals surface area contributed by atoms with Gasteiger partial charge in [-0.05, 0) is 23.6 Å². The predicted octanol–water partition coefficient (Wildman–Crippen LogP) is 2.98. The Morgan fingerprint density at radius 1 is 1.11 bits per heavy atom. The molecule has 0 saturated heterocycles. The van der Waals surface area contributed by atoms with Crippen molar-refractivity contribution < 1.29 is 0 Å². The summed E-state index contributed by atoms with van der Waals surface area (Å²) in [6.45, 7) is 0. The van der Waals surface area contributed by atoms with Gasteiger partial charge < -0.3 is 0 Å². The first-order valence-corrected chi connectivity index (χ1v) is 7.33. The van der Waals surface area contributed by atoms with E-state index < -0.39 is 0 Å². The number of hydrogen-bond acceptors (Lipinski definition) is 6. The van der Waals surface area contributed by atoms with Gasteiger partial charge in [0, 0.05) is 28.9 Å². The van der Waals surface area contributed by atoms with Crippen LogP contribution in [0, 0.1) is 0 Å². The minimum absolute atomic E-state index is 0.780. The molecule has 0 unspecified atom stereocenters. The van der Waals surface area contributed by atoms with E-state index >= 15 is 0 Å². The van der Waals surface area contributed by atoms with Crippen LogP contribution < -0.4 is 0 Å². The summed E-state index contributed by atoms with van der Waals surface area (Å²) in [4.78, 5) is 4.90. The predicted molar refractivity (Wildman–Crippen MR) is 75.2 cm³/mol. The van der Waals surface area contributed by atoms with Crippen molar-refractivity contribution in [2.24, 2.45) is 0 Å². The van der Waals surface area contributed by atoms with Gasteiger partial charge in [0.2, 0.25) is 4.96 Å². The van der Waals surface area contributed by atoms with Crippen LogP contribution in [0.3, 0.4) is 0 Å². The Labute approximate surface area is 116 Å². The molecule has 0 aliphatic rings. The second-order valence-corrected chi connectivity index (χ2v) is 5.61. The summed E-state index contributed by atoms with van der Waals surface area (Å²) in [7, 11) is 0. The van der Waals surface area contributed by atoms with Gasteiger partial charge in [-0.3, -0.25) is 4.98 Å². The van der Waals surface area contributed by atoms with Crippen LogP contribution in [0.4, 0.5) is 0 Å². The molecular formula is C12H7N5S2. The highest BCUT2D eigenvalue weighted by Gasteiger charge is 2.14. The van der Waals surface area contributed by atoms with Crippen molar-refractivity contribution >= 4 is 27.6 Å². The fourth-order valence-electron chi connectivity index (χ4n) is 1.79. The van der Waals surface area contributed by atoms with E-state index in [9.17, 15) is 0 Å². The Morgan fingerprint density at radius 2 is 2.11 bits per heavy atom. The Kier molecular flexibility index (Phi) is 2.39. The van der Waals surface area contributed by atoms with Gasteiger partial charge in [0.05, 0.1) is 0 Å². The van der Waals surface area contributed by atoms with Crippen LogP contribution in [0.5, 0.6) is 0 Å². The first kappa shape index (κ1) is 10.8. The second kappa shape index (κ2) is 4.22. The van der Waals surface area contributed by atoms with Gasteiger partial charge in [-0.15, -0.1) is 10.2 Å². The van der Waals surface area contributed by atoms with Crippen molar-refractivity contribution in [1.29, 1.82) is 0 Å². The number of pyridine rings is 1. The van der Waals surface area contributed by atoms with Crippen LogP contribution in [-0.4, -0.2) is 24.8 Å². The van der Waals surface area contributed by atoms with Crippen LogP contribution in [0.2, 0.25) is 0 Å². The van der Waals surface area contributed by atoms with E-state index in [1.807, 2.05) is 29.0 Å². The van der Waals surface area contributed by atoms with E-state index in [-0.39, 0.29) is 0 Å². The molecule has 0 fully saturated rings. The molecule has 0 bridgehead atoms.